The summed E-state index contributed by atoms with van der Waals surface area (Å²) >= 11 is 5.89. The van der Waals surface area contributed by atoms with E-state index in [2.05, 4.69) is 39.5 Å². The molecular formula is C89H92ClF3N12O12. The number of fused-ring (bicyclic) bond motifs is 4. The number of aryl methyl sites for hydroxylation is 1. The molecule has 0 saturated carbocycles. The maximum Gasteiger partial charge on any atom is 0.328 e. The second-order valence-electron chi connectivity index (χ2n) is 30.2. The van der Waals surface area contributed by atoms with Gasteiger partial charge in [0.25, 0.3) is 22.2 Å². The number of benzene rings is 8. The first kappa shape index (κ1) is 83.4. The van der Waals surface area contributed by atoms with Crippen LogP contribution in [0, 0.1) is 41.1 Å². The minimum absolute atomic E-state index is 0.000723. The Morgan fingerprint density at radius 1 is 0.350 bits per heavy atom. The Labute approximate surface area is 674 Å². The fourth-order valence-electron chi connectivity index (χ4n) is 16.1. The predicted molar refractivity (Wildman–Crippen MR) is 445 cm³/mol. The number of carbonyl (C=O) groups is 3. The van der Waals surface area contributed by atoms with Gasteiger partial charge in [-0.15, -0.1) is 0 Å². The Balaban J connectivity index is 0.000000135. The first-order valence-corrected chi connectivity index (χ1v) is 40.1. The van der Waals surface area contributed by atoms with Gasteiger partial charge >= 0.3 is 22.8 Å². The second-order valence-corrected chi connectivity index (χ2v) is 30.6. The maximum atomic E-state index is 13.1. The number of hydrogen-bond donors (Lipinski definition) is 5. The number of Topliss-reactive ketones (excluding diaryl/α,β-unsaturated/α-hetero) is 3. The molecule has 12 aromatic rings. The number of likely N-dealkylation sites (tertiary alicyclic amines) is 4. The van der Waals surface area contributed by atoms with Crippen molar-refractivity contribution in [2.45, 2.75) is 90.1 Å². The predicted octanol–water partition coefficient (Wildman–Crippen LogP) is 10.5. The van der Waals surface area contributed by atoms with E-state index in [1.54, 1.807) is 143 Å². The van der Waals surface area contributed by atoms with Crippen molar-refractivity contribution in [1.82, 2.24) is 57.8 Å². The molecule has 0 aliphatic carbocycles. The zero-order chi connectivity index (χ0) is 82.2. The Morgan fingerprint density at radius 2 is 0.658 bits per heavy atom. The zero-order valence-corrected chi connectivity index (χ0v) is 65.3. The fourth-order valence-corrected chi connectivity index (χ4v) is 16.3. The van der Waals surface area contributed by atoms with E-state index < -0.39 is 17.5 Å². The molecule has 28 heteroatoms. The number of hydrogen-bond acceptors (Lipinski definition) is 16. The first-order chi connectivity index (χ1) is 56.6. The van der Waals surface area contributed by atoms with E-state index in [1.807, 2.05) is 12.1 Å². The molecule has 117 heavy (non-hydrogen) atoms. The number of aromatic nitrogens is 8. The van der Waals surface area contributed by atoms with E-state index in [1.165, 1.54) is 57.7 Å². The van der Waals surface area contributed by atoms with Crippen LogP contribution in [0.5, 0.6) is 0 Å². The monoisotopic (exact) mass is 1610 g/mol. The number of carbonyl (C=O) groups excluding carboxylic acids is 3. The summed E-state index contributed by atoms with van der Waals surface area (Å²) in [5, 5.41) is 13.2. The van der Waals surface area contributed by atoms with Gasteiger partial charge in [-0.25, -0.2) is 32.3 Å². The average molecular weight is 1610 g/mol. The van der Waals surface area contributed by atoms with Crippen LogP contribution in [-0.4, -0.2) is 159 Å². The average Bonchev–Trinajstić information content (AvgIpc) is 0.805. The van der Waals surface area contributed by atoms with E-state index in [4.69, 9.17) is 11.6 Å². The van der Waals surface area contributed by atoms with Gasteiger partial charge in [-0.3, -0.25) is 61.8 Å². The van der Waals surface area contributed by atoms with Crippen LogP contribution in [0.2, 0.25) is 5.02 Å². The molecule has 0 bridgehead atoms. The van der Waals surface area contributed by atoms with Gasteiger partial charge < -0.3 is 34.7 Å². The summed E-state index contributed by atoms with van der Waals surface area (Å²) in [5.41, 5.74) is 2.09. The van der Waals surface area contributed by atoms with E-state index in [0.29, 0.717) is 111 Å². The molecule has 4 aliphatic heterocycles. The van der Waals surface area contributed by atoms with Crippen LogP contribution in [0.3, 0.4) is 0 Å². The fraction of sp³-hybridized carbons (Fsp3) is 0.337. The van der Waals surface area contributed by atoms with E-state index in [-0.39, 0.29) is 92.1 Å². The lowest BCUT2D eigenvalue weighted by molar-refractivity contribution is 0.0577. The molecule has 608 valence electrons. The minimum atomic E-state index is -0.608. The van der Waals surface area contributed by atoms with Crippen molar-refractivity contribution in [3.8, 4) is 0 Å². The minimum Gasteiger partial charge on any atom is -0.388 e. The highest BCUT2D eigenvalue weighted by Crippen LogP contribution is 2.32. The highest BCUT2D eigenvalue weighted by molar-refractivity contribution is 6.30. The summed E-state index contributed by atoms with van der Waals surface area (Å²) in [7, 11) is 0. The molecule has 4 saturated heterocycles. The number of halogens is 4. The van der Waals surface area contributed by atoms with Gasteiger partial charge in [-0.1, -0.05) is 72.3 Å². The number of rotatable bonds is 21. The number of ketones is 3. The van der Waals surface area contributed by atoms with E-state index in [9.17, 15) is 71.0 Å². The van der Waals surface area contributed by atoms with Gasteiger partial charge in [0.15, 0.2) is 17.3 Å². The number of para-hydroxylation sites is 4. The summed E-state index contributed by atoms with van der Waals surface area (Å²) in [6.07, 6.45) is 6.33. The normalized spacial score (nSPS) is 15.9. The van der Waals surface area contributed by atoms with Crippen molar-refractivity contribution in [1.29, 1.82) is 0 Å². The summed E-state index contributed by atoms with van der Waals surface area (Å²) < 4.78 is 44.9. The van der Waals surface area contributed by atoms with Crippen molar-refractivity contribution in [2.75, 3.05) is 78.5 Å². The van der Waals surface area contributed by atoms with Gasteiger partial charge in [-0.2, -0.15) is 0 Å². The van der Waals surface area contributed by atoms with Crippen LogP contribution < -0.4 is 45.0 Å². The molecule has 1 unspecified atom stereocenters. The summed E-state index contributed by atoms with van der Waals surface area (Å²) in [6, 6.07) is 52.7. The second kappa shape index (κ2) is 38.9. The smallest absolute Gasteiger partial charge is 0.328 e. The third kappa shape index (κ3) is 20.8. The lowest BCUT2D eigenvalue weighted by atomic mass is 9.87. The van der Waals surface area contributed by atoms with Crippen molar-refractivity contribution < 1.29 is 32.7 Å². The molecule has 24 nitrogen and oxygen atoms in total. The molecule has 4 fully saturated rings. The molecule has 16 rings (SSSR count). The molecule has 0 amide bonds. The van der Waals surface area contributed by atoms with Crippen LogP contribution in [-0.2, 0) is 26.2 Å². The number of nitrogens with zero attached hydrogens (tertiary/aromatic N) is 8. The standard InChI is InChI=1S/C23H24FN3O3.C22H22ClN3O3.C22H22FN3O3.C22H24FN3O3/c24-18-8-6-16(7-9-18)21(28)17-10-14-26(15-11-17)12-3-13-27-20-5-2-1-4-19(20)22(29)25-23(27)30;23-17-7-5-15(6-8-17)20(27)16-9-11-25(12-10-16)13-14-26-21(28)18-3-1-2-4-19(18)24-22(26)29;23-17-7-5-15(6-8-17)20(27)16-9-11-25(12-10-16)13-14-26-19-4-2-1-3-18(19)21(28)24-22(26)29;23-17-7-5-15(6-8-17)20(27)16-9-11-25(12-10-16)13-14-26-21(28)18-3-1-2-4-19(18)24-22(26)29/h1-2,4-9,17H,3,10-15H2,(H,25,29,30);1-8,16H,9-14H2,(H,24,29);1-8,16H,9-14H2,(H,24,28,29);1-8,16,20,27H,9-14H2,(H,24,29). The number of H-pyrrole nitrogens is 4. The Morgan fingerprint density at radius 3 is 1.05 bits per heavy atom. The van der Waals surface area contributed by atoms with Crippen molar-refractivity contribution in [2.24, 2.45) is 23.7 Å². The molecule has 8 aromatic carbocycles. The molecular weight excluding hydrogens is 1520 g/mol. The van der Waals surface area contributed by atoms with E-state index in [0.717, 1.165) is 122 Å². The van der Waals surface area contributed by atoms with Crippen molar-refractivity contribution >= 4 is 72.6 Å². The van der Waals surface area contributed by atoms with E-state index >= 15 is 0 Å². The van der Waals surface area contributed by atoms with Crippen LogP contribution in [0.4, 0.5) is 13.2 Å². The van der Waals surface area contributed by atoms with Crippen molar-refractivity contribution in [3.63, 3.8) is 0 Å². The highest BCUT2D eigenvalue weighted by atomic mass is 35.5. The molecule has 4 aromatic heterocycles. The number of nitrogens with one attached hydrogen (secondary N) is 4. The largest absolute Gasteiger partial charge is 0.388 e. The van der Waals surface area contributed by atoms with Gasteiger partial charge in [0.1, 0.15) is 17.5 Å². The number of aromatic amines is 4. The molecule has 1 atom stereocenters. The van der Waals surface area contributed by atoms with Gasteiger partial charge in [0, 0.05) is 85.3 Å². The lowest BCUT2D eigenvalue weighted by Gasteiger charge is -2.34. The van der Waals surface area contributed by atoms with Gasteiger partial charge in [0.2, 0.25) is 0 Å². The summed E-state index contributed by atoms with van der Waals surface area (Å²) in [4.78, 5) is 155. The van der Waals surface area contributed by atoms with Gasteiger partial charge in [0.05, 0.1) is 49.7 Å². The molecule has 0 spiro atoms. The topological polar surface area (TPSA) is 304 Å². The first-order valence-electron chi connectivity index (χ1n) is 39.7. The number of aliphatic hydroxyl groups excluding tert-OH is 1. The number of aliphatic hydroxyl groups is 1. The molecule has 5 N–H and O–H groups in total. The van der Waals surface area contributed by atoms with Crippen LogP contribution in [0.15, 0.2) is 232 Å². The Hall–Kier alpha value is -11.6. The third-order valence-electron chi connectivity index (χ3n) is 22.9. The number of piperidine rings is 4. The SMILES string of the molecule is O=C(c1ccc(Cl)cc1)C1CCN(CCn2c(=O)[nH]c3ccccc3c2=O)CC1.O=C(c1ccc(F)cc1)C1CCN(CCCn2c(=O)[nH]c(=O)c3ccccc32)CC1.O=C(c1ccc(F)cc1)C1CCN(CCn2c(=O)[nH]c(=O)c3ccccc32)CC1.O=c1[nH]c2ccccc2c(=O)n1CCN1CCC(C(O)c2ccc(F)cc2)CC1. The third-order valence-corrected chi connectivity index (χ3v) is 23.2. The Bertz CT molecular complexity index is 6010. The van der Waals surface area contributed by atoms with Crippen molar-refractivity contribution in [3.05, 3.63) is 322 Å². The zero-order valence-electron chi connectivity index (χ0n) is 64.6. The Kier molecular flexibility index (Phi) is 27.7. The van der Waals surface area contributed by atoms with Gasteiger partial charge in [-0.05, 0) is 262 Å². The molecule has 8 heterocycles. The van der Waals surface area contributed by atoms with Crippen LogP contribution in [0.25, 0.3) is 43.6 Å². The van der Waals surface area contributed by atoms with Crippen LogP contribution >= 0.6 is 11.6 Å². The summed E-state index contributed by atoms with van der Waals surface area (Å²) in [5.74, 6) is -0.669. The quantitative estimate of drug-likeness (QED) is 0.0418. The maximum absolute atomic E-state index is 13.1. The molecule has 4 aliphatic rings. The summed E-state index contributed by atoms with van der Waals surface area (Å²) in [6.45, 7) is 10.6. The lowest BCUT2D eigenvalue weighted by Crippen LogP contribution is -2.42. The molecule has 0 radical (unpaired) electrons. The van der Waals surface area contributed by atoms with Crippen LogP contribution in [0.1, 0.15) is 101 Å². The highest BCUT2D eigenvalue weighted by Gasteiger charge is 2.31.